The molecule has 1 nitrogen and oxygen atoms in total. The zero-order valence-corrected chi connectivity index (χ0v) is 35.5. The van der Waals surface area contributed by atoms with Crippen molar-refractivity contribution in [3.05, 3.63) is 197 Å². The Morgan fingerprint density at radius 2 is 1.15 bits per heavy atom. The smallest absolute Gasteiger partial charge is 0.0465 e. The fourth-order valence-corrected chi connectivity index (χ4v) is 12.8. The highest BCUT2D eigenvalue weighted by molar-refractivity contribution is 7.26. The van der Waals surface area contributed by atoms with Crippen molar-refractivity contribution in [3.8, 4) is 33.4 Å². The maximum absolute atomic E-state index is 2.45. The highest BCUT2D eigenvalue weighted by Gasteiger charge is 2.37. The predicted octanol–water partition coefficient (Wildman–Crippen LogP) is 17.1. The Morgan fingerprint density at radius 3 is 2.02 bits per heavy atom. The molecule has 0 radical (unpaired) electrons. The van der Waals surface area contributed by atoms with Gasteiger partial charge in [0.05, 0.1) is 0 Å². The molecular weight excluding hydrogens is 763 g/mol. The van der Waals surface area contributed by atoms with Crippen LogP contribution in [0.3, 0.4) is 0 Å². The van der Waals surface area contributed by atoms with Crippen molar-refractivity contribution in [1.29, 1.82) is 0 Å². The molecule has 0 unspecified atom stereocenters. The van der Waals surface area contributed by atoms with E-state index in [1.807, 2.05) is 22.7 Å². The van der Waals surface area contributed by atoms with Crippen molar-refractivity contribution >= 4 is 81.6 Å². The molecule has 7 aromatic carbocycles. The predicted molar refractivity (Wildman–Crippen MR) is 261 cm³/mol. The van der Waals surface area contributed by atoms with Gasteiger partial charge >= 0.3 is 0 Å². The largest absolute Gasteiger partial charge is 0.310 e. The Balaban J connectivity index is 0.993. The molecule has 0 N–H and O–H groups in total. The van der Waals surface area contributed by atoms with E-state index in [-0.39, 0.29) is 5.41 Å². The Hall–Kier alpha value is -6.26. The molecule has 3 aliphatic carbocycles. The molecule has 9 aromatic rings. The van der Waals surface area contributed by atoms with Crippen LogP contribution in [-0.2, 0) is 11.8 Å². The van der Waals surface area contributed by atoms with Gasteiger partial charge in [-0.15, -0.1) is 22.7 Å². The molecule has 288 valence electrons. The van der Waals surface area contributed by atoms with E-state index in [2.05, 4.69) is 195 Å². The maximum atomic E-state index is 2.45. The van der Waals surface area contributed by atoms with Gasteiger partial charge < -0.3 is 4.90 Å². The molecule has 3 heteroatoms. The number of anilines is 3. The van der Waals surface area contributed by atoms with E-state index in [0.29, 0.717) is 0 Å². The summed E-state index contributed by atoms with van der Waals surface area (Å²) < 4.78 is 4.06. The van der Waals surface area contributed by atoms with E-state index in [0.717, 1.165) is 37.1 Å². The highest BCUT2D eigenvalue weighted by Crippen LogP contribution is 2.52. The summed E-state index contributed by atoms with van der Waals surface area (Å²) in [6.07, 6.45) is 13.9. The number of thiophene rings is 2. The zero-order chi connectivity index (χ0) is 40.0. The molecule has 0 saturated heterocycles. The van der Waals surface area contributed by atoms with Crippen LogP contribution >= 0.6 is 22.7 Å². The third-order valence-corrected chi connectivity index (χ3v) is 15.7. The van der Waals surface area contributed by atoms with Gasteiger partial charge in [-0.3, -0.25) is 0 Å². The van der Waals surface area contributed by atoms with Crippen molar-refractivity contribution in [3.63, 3.8) is 0 Å². The molecule has 60 heavy (non-hydrogen) atoms. The van der Waals surface area contributed by atoms with Crippen LogP contribution in [0, 0.1) is 0 Å². The first-order chi connectivity index (χ1) is 29.5. The molecule has 0 fully saturated rings. The molecule has 12 rings (SSSR count). The average molecular weight is 806 g/mol. The lowest BCUT2D eigenvalue weighted by Gasteiger charge is -2.28. The van der Waals surface area contributed by atoms with E-state index in [4.69, 9.17) is 0 Å². The fraction of sp³-hybridized carbons (Fsp3) is 0.123. The number of aryl methyl sites for hydroxylation is 1. The van der Waals surface area contributed by atoms with E-state index < -0.39 is 0 Å². The molecule has 2 aromatic heterocycles. The maximum Gasteiger partial charge on any atom is 0.0465 e. The third kappa shape index (κ3) is 5.56. The van der Waals surface area contributed by atoms with Crippen molar-refractivity contribution in [1.82, 2.24) is 0 Å². The van der Waals surface area contributed by atoms with E-state index in [1.54, 1.807) is 0 Å². The summed E-state index contributed by atoms with van der Waals surface area (Å²) in [6.45, 7) is 4.78. The van der Waals surface area contributed by atoms with Crippen LogP contribution in [0.15, 0.2) is 175 Å². The number of hydrogen-bond donors (Lipinski definition) is 0. The molecule has 0 saturated carbocycles. The van der Waals surface area contributed by atoms with E-state index in [1.165, 1.54) is 102 Å². The van der Waals surface area contributed by atoms with Gasteiger partial charge in [0.2, 0.25) is 0 Å². The number of nitrogens with zero attached hydrogens (tertiary/aromatic N) is 1. The number of fused-ring (bicyclic) bond motifs is 8. The van der Waals surface area contributed by atoms with Gasteiger partial charge in [-0.05, 0) is 136 Å². The van der Waals surface area contributed by atoms with Crippen LogP contribution in [0.1, 0.15) is 54.7 Å². The molecule has 0 amide bonds. The lowest BCUT2D eigenvalue weighted by atomic mass is 9.80. The van der Waals surface area contributed by atoms with Gasteiger partial charge in [-0.2, -0.15) is 0 Å². The summed E-state index contributed by atoms with van der Waals surface area (Å²) in [5.74, 6) is 0. The van der Waals surface area contributed by atoms with Gasteiger partial charge in [0.25, 0.3) is 0 Å². The van der Waals surface area contributed by atoms with Gasteiger partial charge in [-0.25, -0.2) is 0 Å². The van der Waals surface area contributed by atoms with Crippen molar-refractivity contribution in [2.45, 2.75) is 44.9 Å². The lowest BCUT2D eigenvalue weighted by molar-refractivity contribution is 0.651. The Kier molecular flexibility index (Phi) is 8.27. The number of para-hydroxylation sites is 1. The first-order valence-corrected chi connectivity index (χ1v) is 22.9. The van der Waals surface area contributed by atoms with Crippen molar-refractivity contribution in [2.75, 3.05) is 4.90 Å². The molecule has 0 aliphatic heterocycles. The fourth-order valence-electron chi connectivity index (χ4n) is 10.3. The normalized spacial score (nSPS) is 15.2. The van der Waals surface area contributed by atoms with Gasteiger partial charge in [0.15, 0.2) is 0 Å². The minimum absolute atomic E-state index is 0.0285. The average Bonchev–Trinajstić information content (AvgIpc) is 3.95. The SMILES string of the molecule is CC1(C)C2=C(CCC=C2)c2ccc(N(c3ccccc3)c3ccc(-c4ccc(-c5cccc6c7c(sc56)C=CCC7)c(-c5cccc6c5sc5ccccc56)c4)cc3)cc21. The Labute approximate surface area is 359 Å². The topological polar surface area (TPSA) is 3.24 Å². The second-order valence-corrected chi connectivity index (χ2v) is 19.1. The van der Waals surface area contributed by atoms with Crippen LogP contribution in [0.2, 0.25) is 0 Å². The molecule has 0 bridgehead atoms. The minimum atomic E-state index is -0.0285. The summed E-state index contributed by atoms with van der Waals surface area (Å²) in [7, 11) is 0. The first-order valence-electron chi connectivity index (χ1n) is 21.3. The van der Waals surface area contributed by atoms with Crippen LogP contribution in [0.5, 0.6) is 0 Å². The molecule has 0 atom stereocenters. The molecule has 3 aliphatic rings. The van der Waals surface area contributed by atoms with Crippen molar-refractivity contribution in [2.24, 2.45) is 0 Å². The van der Waals surface area contributed by atoms with Crippen molar-refractivity contribution < 1.29 is 0 Å². The number of benzene rings is 7. The first kappa shape index (κ1) is 35.7. The third-order valence-electron chi connectivity index (χ3n) is 13.3. The summed E-state index contributed by atoms with van der Waals surface area (Å²) in [4.78, 5) is 3.83. The van der Waals surface area contributed by atoms with Gasteiger partial charge in [0.1, 0.15) is 0 Å². The monoisotopic (exact) mass is 805 g/mol. The lowest BCUT2D eigenvalue weighted by Crippen LogP contribution is -2.18. The molecule has 0 spiro atoms. The highest BCUT2D eigenvalue weighted by atomic mass is 32.1. The van der Waals surface area contributed by atoms with Crippen LogP contribution in [0.25, 0.3) is 75.3 Å². The number of allylic oxidation sites excluding steroid dienone is 5. The second-order valence-electron chi connectivity index (χ2n) is 17.0. The summed E-state index contributed by atoms with van der Waals surface area (Å²) in [5.41, 5.74) is 18.4. The van der Waals surface area contributed by atoms with E-state index in [9.17, 15) is 0 Å². The van der Waals surface area contributed by atoms with E-state index >= 15 is 0 Å². The van der Waals surface area contributed by atoms with Gasteiger partial charge in [-0.1, -0.05) is 135 Å². The van der Waals surface area contributed by atoms with Crippen LogP contribution in [-0.4, -0.2) is 0 Å². The second kappa shape index (κ2) is 13.9. The summed E-state index contributed by atoms with van der Waals surface area (Å²) in [5, 5.41) is 4.06. The minimum Gasteiger partial charge on any atom is -0.310 e. The molecule has 2 heterocycles. The number of rotatable bonds is 6. The zero-order valence-electron chi connectivity index (χ0n) is 33.8. The van der Waals surface area contributed by atoms with Crippen LogP contribution < -0.4 is 4.90 Å². The Morgan fingerprint density at radius 1 is 0.483 bits per heavy atom. The van der Waals surface area contributed by atoms with Crippen LogP contribution in [0.4, 0.5) is 17.1 Å². The quantitative estimate of drug-likeness (QED) is 0.162. The molecular formula is C57H43NS2. The standard InChI is InChI=1S/C57H43NS2/c1-57(2)51-23-9-6-16-42(51)43-33-31-40(35-52(43)57)58(38-14-4-3-5-15-38)39-29-26-36(27-30-39)37-28-32-41(46-19-12-20-47-44-17-7-10-24-53(44)59-55(46)47)50(34-37)49-22-13-21-48-45-18-8-11-25-54(45)60-56(48)49/h3-5,8-15,18-35H,6-7,16-17H2,1-2H3. The Bertz CT molecular complexity index is 3280. The number of hydrogen-bond acceptors (Lipinski definition) is 3. The summed E-state index contributed by atoms with van der Waals surface area (Å²) in [6, 6.07) is 57.1. The summed E-state index contributed by atoms with van der Waals surface area (Å²) >= 11 is 3.86. The van der Waals surface area contributed by atoms with Gasteiger partial charge in [0, 0.05) is 63.4 Å².